The Morgan fingerprint density at radius 1 is 1.58 bits per heavy atom. The molecule has 0 aromatic heterocycles. The number of thioether (sulfide) groups is 1. The highest BCUT2D eigenvalue weighted by Gasteiger charge is 2.11. The minimum Gasteiger partial charge on any atom is -0.489 e. The number of carbonyl (C=O) groups excluding carboxylic acids is 1. The predicted octanol–water partition coefficient (Wildman–Crippen LogP) is 1.81. The van der Waals surface area contributed by atoms with Gasteiger partial charge in [-0.3, -0.25) is 4.79 Å². The molecule has 64 valence electrons. The minimum absolute atomic E-state index is 0.346. The number of hydrogen-bond acceptors (Lipinski definition) is 4. The van der Waals surface area contributed by atoms with Gasteiger partial charge in [-0.25, -0.2) is 0 Å². The number of allylic oxidation sites excluding steroid dienone is 2. The van der Waals surface area contributed by atoms with Gasteiger partial charge in [0.15, 0.2) is 12.0 Å². The molecule has 1 heterocycles. The molecule has 0 saturated carbocycles. The standard InChI is InChI=1S/C8H9NO2S/c9-6-12-8-3-1-2-4-11-7(8)5-10/h5H,1-4H2. The van der Waals surface area contributed by atoms with Gasteiger partial charge >= 0.3 is 0 Å². The minimum atomic E-state index is 0.346. The summed E-state index contributed by atoms with van der Waals surface area (Å²) in [4.78, 5) is 11.3. The highest BCUT2D eigenvalue weighted by Crippen LogP contribution is 2.26. The summed E-state index contributed by atoms with van der Waals surface area (Å²) in [6.07, 6.45) is 3.41. The van der Waals surface area contributed by atoms with Crippen LogP contribution < -0.4 is 0 Å². The van der Waals surface area contributed by atoms with Crippen LogP contribution in [0.2, 0.25) is 0 Å². The lowest BCUT2D eigenvalue weighted by Gasteiger charge is -2.02. The van der Waals surface area contributed by atoms with Crippen LogP contribution in [0.5, 0.6) is 0 Å². The van der Waals surface area contributed by atoms with Gasteiger partial charge in [0.2, 0.25) is 0 Å². The maximum atomic E-state index is 10.5. The number of nitrogens with zero attached hydrogens (tertiary/aromatic N) is 1. The Labute approximate surface area is 75.4 Å². The first-order valence-electron chi connectivity index (χ1n) is 3.75. The van der Waals surface area contributed by atoms with Gasteiger partial charge in [-0.05, 0) is 31.0 Å². The molecule has 0 amide bonds. The van der Waals surface area contributed by atoms with Crippen molar-refractivity contribution >= 4 is 18.0 Å². The summed E-state index contributed by atoms with van der Waals surface area (Å²) in [5.41, 5.74) is 0. The average molecular weight is 183 g/mol. The molecule has 3 nitrogen and oxygen atoms in total. The highest BCUT2D eigenvalue weighted by molar-refractivity contribution is 8.07. The van der Waals surface area contributed by atoms with Gasteiger partial charge in [0.25, 0.3) is 0 Å². The maximum Gasteiger partial charge on any atom is 0.185 e. The van der Waals surface area contributed by atoms with Crippen LogP contribution in [-0.2, 0) is 9.53 Å². The quantitative estimate of drug-likeness (QED) is 0.484. The predicted molar refractivity (Wildman–Crippen MR) is 46.1 cm³/mol. The van der Waals surface area contributed by atoms with Crippen molar-refractivity contribution in [2.24, 2.45) is 0 Å². The fraction of sp³-hybridized carbons (Fsp3) is 0.500. The average Bonchev–Trinajstić information content (AvgIpc) is 2.30. The van der Waals surface area contributed by atoms with E-state index < -0.39 is 0 Å². The van der Waals surface area contributed by atoms with Crippen LogP contribution in [0.3, 0.4) is 0 Å². The van der Waals surface area contributed by atoms with Gasteiger partial charge in [0.05, 0.1) is 6.61 Å². The molecule has 4 heteroatoms. The molecule has 0 atom stereocenters. The normalized spacial score (nSPS) is 17.6. The fourth-order valence-corrected chi connectivity index (χ4v) is 1.59. The first-order valence-corrected chi connectivity index (χ1v) is 4.57. The van der Waals surface area contributed by atoms with E-state index in [2.05, 4.69) is 0 Å². The molecule has 0 bridgehead atoms. The lowest BCUT2D eigenvalue weighted by atomic mass is 10.2. The second kappa shape index (κ2) is 4.83. The number of aldehydes is 1. The zero-order valence-electron chi connectivity index (χ0n) is 6.58. The van der Waals surface area contributed by atoms with Crippen molar-refractivity contribution in [1.82, 2.24) is 0 Å². The summed E-state index contributed by atoms with van der Waals surface area (Å²) in [6, 6.07) is 0. The van der Waals surface area contributed by atoms with Crippen LogP contribution in [0.1, 0.15) is 19.3 Å². The first-order chi connectivity index (χ1) is 5.88. The highest BCUT2D eigenvalue weighted by atomic mass is 32.2. The smallest absolute Gasteiger partial charge is 0.185 e. The van der Waals surface area contributed by atoms with E-state index in [-0.39, 0.29) is 0 Å². The molecule has 0 aromatic rings. The molecule has 0 radical (unpaired) electrons. The van der Waals surface area contributed by atoms with E-state index in [4.69, 9.17) is 10.00 Å². The Kier molecular flexibility index (Phi) is 3.68. The van der Waals surface area contributed by atoms with E-state index in [0.717, 1.165) is 35.9 Å². The molecule has 0 N–H and O–H groups in total. The van der Waals surface area contributed by atoms with Gasteiger partial charge in [-0.15, -0.1) is 0 Å². The summed E-state index contributed by atoms with van der Waals surface area (Å²) in [7, 11) is 0. The van der Waals surface area contributed by atoms with E-state index in [1.54, 1.807) is 0 Å². The van der Waals surface area contributed by atoms with Crippen LogP contribution in [0.15, 0.2) is 10.7 Å². The molecule has 1 aliphatic heterocycles. The third-order valence-corrected chi connectivity index (χ3v) is 2.35. The van der Waals surface area contributed by atoms with Gasteiger partial charge in [-0.2, -0.15) is 5.26 Å². The number of nitriles is 1. The number of hydrogen-bond donors (Lipinski definition) is 0. The summed E-state index contributed by atoms with van der Waals surface area (Å²) in [5, 5.41) is 10.4. The van der Waals surface area contributed by atoms with E-state index in [1.807, 2.05) is 5.40 Å². The number of ether oxygens (including phenoxy) is 1. The zero-order valence-corrected chi connectivity index (χ0v) is 7.39. The monoisotopic (exact) mass is 183 g/mol. The maximum absolute atomic E-state index is 10.5. The molecule has 0 unspecified atom stereocenters. The van der Waals surface area contributed by atoms with Crippen molar-refractivity contribution in [2.45, 2.75) is 19.3 Å². The molecular formula is C8H9NO2S. The van der Waals surface area contributed by atoms with Gasteiger partial charge < -0.3 is 4.74 Å². The van der Waals surface area contributed by atoms with Crippen molar-refractivity contribution in [3.63, 3.8) is 0 Å². The summed E-state index contributed by atoms with van der Waals surface area (Å²) in [6.45, 7) is 0.587. The molecule has 0 saturated heterocycles. The molecule has 1 aliphatic rings. The second-order valence-electron chi connectivity index (χ2n) is 2.40. The molecule has 0 fully saturated rings. The second-order valence-corrected chi connectivity index (χ2v) is 3.28. The summed E-state index contributed by atoms with van der Waals surface area (Å²) >= 11 is 1.03. The molecule has 1 rings (SSSR count). The number of thiocyanates is 1. The molecule has 0 aromatic carbocycles. The van der Waals surface area contributed by atoms with Crippen LogP contribution in [-0.4, -0.2) is 12.9 Å². The van der Waals surface area contributed by atoms with E-state index in [9.17, 15) is 4.79 Å². The van der Waals surface area contributed by atoms with Crippen LogP contribution in [0.4, 0.5) is 0 Å². The Bertz CT molecular complexity index is 242. The summed E-state index contributed by atoms with van der Waals surface area (Å²) in [5.74, 6) is 0.346. The van der Waals surface area contributed by atoms with Crippen LogP contribution >= 0.6 is 11.8 Å². The Hall–Kier alpha value is -0.950. The molecule has 12 heavy (non-hydrogen) atoms. The Morgan fingerprint density at radius 2 is 2.42 bits per heavy atom. The van der Waals surface area contributed by atoms with Crippen LogP contribution in [0, 0.1) is 10.7 Å². The molecule has 0 aliphatic carbocycles. The topological polar surface area (TPSA) is 50.1 Å². The van der Waals surface area contributed by atoms with E-state index >= 15 is 0 Å². The SMILES string of the molecule is N#CSC1=C(C=O)OCCCC1. The van der Waals surface area contributed by atoms with E-state index in [0.29, 0.717) is 18.7 Å². The van der Waals surface area contributed by atoms with E-state index in [1.165, 1.54) is 0 Å². The van der Waals surface area contributed by atoms with Crippen molar-refractivity contribution in [1.29, 1.82) is 5.26 Å². The third kappa shape index (κ3) is 2.28. The van der Waals surface area contributed by atoms with Crippen molar-refractivity contribution in [3.05, 3.63) is 10.7 Å². The van der Waals surface area contributed by atoms with Crippen molar-refractivity contribution < 1.29 is 9.53 Å². The fourth-order valence-electron chi connectivity index (χ4n) is 1.03. The lowest BCUT2D eigenvalue weighted by Crippen LogP contribution is -1.94. The lowest BCUT2D eigenvalue weighted by molar-refractivity contribution is -0.107. The van der Waals surface area contributed by atoms with Crippen molar-refractivity contribution in [3.8, 4) is 5.40 Å². The Balaban J connectivity index is 2.75. The zero-order chi connectivity index (χ0) is 8.81. The van der Waals surface area contributed by atoms with Gasteiger partial charge in [0.1, 0.15) is 5.40 Å². The molecule has 0 spiro atoms. The van der Waals surface area contributed by atoms with Gasteiger partial charge in [0, 0.05) is 4.91 Å². The first kappa shape index (κ1) is 9.14. The number of carbonyl (C=O) groups is 1. The third-order valence-electron chi connectivity index (χ3n) is 1.61. The van der Waals surface area contributed by atoms with Crippen molar-refractivity contribution in [2.75, 3.05) is 6.61 Å². The largest absolute Gasteiger partial charge is 0.489 e. The number of rotatable bonds is 2. The summed E-state index contributed by atoms with van der Waals surface area (Å²) < 4.78 is 5.16. The van der Waals surface area contributed by atoms with Crippen LogP contribution in [0.25, 0.3) is 0 Å². The molecular weight excluding hydrogens is 174 g/mol. The van der Waals surface area contributed by atoms with Gasteiger partial charge in [-0.1, -0.05) is 0 Å². The Morgan fingerprint density at radius 3 is 3.08 bits per heavy atom.